The predicted octanol–water partition coefficient (Wildman–Crippen LogP) is 1.93. The third kappa shape index (κ3) is 4.09. The number of benzene rings is 1. The van der Waals surface area contributed by atoms with Crippen molar-refractivity contribution in [3.8, 4) is 11.5 Å². The SMILES string of the molecule is C=C(NNC(=O)OCC)c1ccc(OC)c(OC)c1. The molecule has 0 unspecified atom stereocenters. The Morgan fingerprint density at radius 3 is 2.47 bits per heavy atom. The van der Waals surface area contributed by atoms with Crippen LogP contribution in [-0.2, 0) is 4.74 Å². The van der Waals surface area contributed by atoms with Gasteiger partial charge in [0.1, 0.15) is 0 Å². The van der Waals surface area contributed by atoms with Crippen molar-refractivity contribution in [1.29, 1.82) is 0 Å². The maximum absolute atomic E-state index is 11.1. The van der Waals surface area contributed by atoms with E-state index in [0.29, 0.717) is 23.8 Å². The fourth-order valence-electron chi connectivity index (χ4n) is 1.39. The Hall–Kier alpha value is -2.37. The summed E-state index contributed by atoms with van der Waals surface area (Å²) in [5, 5.41) is 0. The van der Waals surface area contributed by atoms with Gasteiger partial charge in [-0.25, -0.2) is 10.2 Å². The lowest BCUT2D eigenvalue weighted by Gasteiger charge is -2.13. The zero-order valence-corrected chi connectivity index (χ0v) is 11.3. The van der Waals surface area contributed by atoms with Crippen LogP contribution in [-0.4, -0.2) is 26.9 Å². The standard InChI is InChI=1S/C13H18N2O4/c1-5-19-13(16)15-14-9(2)10-6-7-11(17-3)12(8-10)18-4/h6-8,14H,2,5H2,1,3-4H3,(H,15,16). The summed E-state index contributed by atoms with van der Waals surface area (Å²) < 4.78 is 15.0. The van der Waals surface area contributed by atoms with Crippen LogP contribution in [0, 0.1) is 0 Å². The van der Waals surface area contributed by atoms with E-state index in [4.69, 9.17) is 14.2 Å². The molecule has 1 aromatic rings. The van der Waals surface area contributed by atoms with Crippen LogP contribution in [0.5, 0.6) is 11.5 Å². The number of carbonyl (C=O) groups excluding carboxylic acids is 1. The van der Waals surface area contributed by atoms with Gasteiger partial charge in [-0.15, -0.1) is 0 Å². The van der Waals surface area contributed by atoms with E-state index in [2.05, 4.69) is 17.4 Å². The van der Waals surface area contributed by atoms with Gasteiger partial charge >= 0.3 is 6.09 Å². The first-order chi connectivity index (χ1) is 9.12. The Balaban J connectivity index is 2.69. The van der Waals surface area contributed by atoms with E-state index in [-0.39, 0.29) is 0 Å². The first kappa shape index (κ1) is 14.7. The third-order valence-electron chi connectivity index (χ3n) is 2.32. The van der Waals surface area contributed by atoms with Gasteiger partial charge in [-0.3, -0.25) is 5.43 Å². The molecule has 0 aliphatic carbocycles. The van der Waals surface area contributed by atoms with Gasteiger partial charge in [0.25, 0.3) is 0 Å². The minimum Gasteiger partial charge on any atom is -0.493 e. The van der Waals surface area contributed by atoms with Crippen LogP contribution < -0.4 is 20.3 Å². The van der Waals surface area contributed by atoms with Crippen LogP contribution in [0.4, 0.5) is 4.79 Å². The number of amides is 1. The average Bonchev–Trinajstić information content (AvgIpc) is 2.44. The van der Waals surface area contributed by atoms with Crippen LogP contribution in [0.15, 0.2) is 24.8 Å². The number of hydrogen-bond donors (Lipinski definition) is 2. The Labute approximate surface area is 112 Å². The van der Waals surface area contributed by atoms with Crippen LogP contribution in [0.2, 0.25) is 0 Å². The molecule has 0 saturated carbocycles. The summed E-state index contributed by atoms with van der Waals surface area (Å²) in [5.41, 5.74) is 6.29. The largest absolute Gasteiger partial charge is 0.493 e. The summed E-state index contributed by atoms with van der Waals surface area (Å²) in [6.07, 6.45) is -0.566. The van der Waals surface area contributed by atoms with Crippen molar-refractivity contribution in [3.05, 3.63) is 30.3 Å². The Morgan fingerprint density at radius 2 is 1.89 bits per heavy atom. The van der Waals surface area contributed by atoms with Gasteiger partial charge in [0.05, 0.1) is 26.5 Å². The lowest BCUT2D eigenvalue weighted by atomic mass is 10.1. The first-order valence-electron chi connectivity index (χ1n) is 5.72. The van der Waals surface area contributed by atoms with Crippen LogP contribution in [0.3, 0.4) is 0 Å². The molecule has 0 fully saturated rings. The van der Waals surface area contributed by atoms with E-state index in [0.717, 1.165) is 5.56 Å². The Morgan fingerprint density at radius 1 is 1.21 bits per heavy atom. The quantitative estimate of drug-likeness (QED) is 0.770. The second-order valence-electron chi connectivity index (χ2n) is 3.52. The maximum Gasteiger partial charge on any atom is 0.425 e. The third-order valence-corrected chi connectivity index (χ3v) is 2.32. The molecule has 6 nitrogen and oxygen atoms in total. The number of rotatable bonds is 6. The molecule has 0 spiro atoms. The first-order valence-corrected chi connectivity index (χ1v) is 5.72. The van der Waals surface area contributed by atoms with Crippen molar-refractivity contribution >= 4 is 11.8 Å². The summed E-state index contributed by atoms with van der Waals surface area (Å²) >= 11 is 0. The molecule has 104 valence electrons. The number of nitrogens with one attached hydrogen (secondary N) is 2. The Kier molecular flexibility index (Phi) is 5.53. The molecule has 0 heterocycles. The monoisotopic (exact) mass is 266 g/mol. The number of carbonyl (C=O) groups is 1. The second kappa shape index (κ2) is 7.15. The molecule has 0 bridgehead atoms. The molecule has 0 aromatic heterocycles. The molecule has 0 atom stereocenters. The maximum atomic E-state index is 11.1. The molecule has 0 radical (unpaired) electrons. The van der Waals surface area contributed by atoms with Gasteiger partial charge in [-0.1, -0.05) is 6.58 Å². The highest BCUT2D eigenvalue weighted by Gasteiger charge is 2.07. The molecule has 1 aromatic carbocycles. The van der Waals surface area contributed by atoms with Gasteiger partial charge in [-0.2, -0.15) is 0 Å². The zero-order chi connectivity index (χ0) is 14.3. The summed E-state index contributed by atoms with van der Waals surface area (Å²) in [7, 11) is 3.11. The summed E-state index contributed by atoms with van der Waals surface area (Å²) in [6.45, 7) is 5.84. The van der Waals surface area contributed by atoms with Crippen LogP contribution in [0.25, 0.3) is 5.70 Å². The second-order valence-corrected chi connectivity index (χ2v) is 3.52. The van der Waals surface area contributed by atoms with Crippen molar-refractivity contribution in [1.82, 2.24) is 10.9 Å². The van der Waals surface area contributed by atoms with Crippen molar-refractivity contribution in [3.63, 3.8) is 0 Å². The normalized spacial score (nSPS) is 9.42. The van der Waals surface area contributed by atoms with Crippen molar-refractivity contribution in [2.24, 2.45) is 0 Å². The van der Waals surface area contributed by atoms with E-state index in [9.17, 15) is 4.79 Å². The number of ether oxygens (including phenoxy) is 3. The molecule has 6 heteroatoms. The van der Waals surface area contributed by atoms with Gasteiger partial charge in [0, 0.05) is 5.56 Å². The topological polar surface area (TPSA) is 68.8 Å². The number of methoxy groups -OCH3 is 2. The smallest absolute Gasteiger partial charge is 0.425 e. The van der Waals surface area contributed by atoms with Crippen molar-refractivity contribution in [2.75, 3.05) is 20.8 Å². The highest BCUT2D eigenvalue weighted by molar-refractivity contribution is 5.70. The highest BCUT2D eigenvalue weighted by Crippen LogP contribution is 2.29. The number of hydrazine groups is 1. The van der Waals surface area contributed by atoms with E-state index < -0.39 is 6.09 Å². The van der Waals surface area contributed by atoms with E-state index >= 15 is 0 Å². The van der Waals surface area contributed by atoms with Crippen LogP contribution in [0.1, 0.15) is 12.5 Å². The average molecular weight is 266 g/mol. The molecule has 0 aliphatic rings. The van der Waals surface area contributed by atoms with Gasteiger partial charge in [0.15, 0.2) is 11.5 Å². The van der Waals surface area contributed by atoms with E-state index in [1.165, 1.54) is 0 Å². The van der Waals surface area contributed by atoms with Gasteiger partial charge in [0.2, 0.25) is 0 Å². The molecular weight excluding hydrogens is 248 g/mol. The minimum atomic E-state index is -0.566. The molecule has 0 aliphatic heterocycles. The predicted molar refractivity (Wildman–Crippen MR) is 71.9 cm³/mol. The molecule has 1 rings (SSSR count). The lowest BCUT2D eigenvalue weighted by molar-refractivity contribution is 0.149. The lowest BCUT2D eigenvalue weighted by Crippen LogP contribution is -2.36. The molecule has 0 saturated heterocycles. The zero-order valence-electron chi connectivity index (χ0n) is 11.3. The molecule has 19 heavy (non-hydrogen) atoms. The highest BCUT2D eigenvalue weighted by atomic mass is 16.6. The molecular formula is C13H18N2O4. The van der Waals surface area contributed by atoms with Gasteiger partial charge in [-0.05, 0) is 25.1 Å². The van der Waals surface area contributed by atoms with E-state index in [1.54, 1.807) is 39.3 Å². The summed E-state index contributed by atoms with van der Waals surface area (Å²) in [4.78, 5) is 11.1. The number of hydrogen-bond acceptors (Lipinski definition) is 5. The summed E-state index contributed by atoms with van der Waals surface area (Å²) in [6, 6.07) is 5.30. The van der Waals surface area contributed by atoms with Crippen LogP contribution >= 0.6 is 0 Å². The van der Waals surface area contributed by atoms with Crippen molar-refractivity contribution < 1.29 is 19.0 Å². The van der Waals surface area contributed by atoms with Crippen molar-refractivity contribution in [2.45, 2.75) is 6.92 Å². The fraction of sp³-hybridized carbons (Fsp3) is 0.308. The minimum absolute atomic E-state index is 0.302. The van der Waals surface area contributed by atoms with E-state index in [1.807, 2.05) is 0 Å². The van der Waals surface area contributed by atoms with Gasteiger partial charge < -0.3 is 14.2 Å². The Bertz CT molecular complexity index is 460. The molecule has 2 N–H and O–H groups in total. The fourth-order valence-corrected chi connectivity index (χ4v) is 1.39. The molecule has 1 amide bonds. The summed E-state index contributed by atoms with van der Waals surface area (Å²) in [5.74, 6) is 1.21.